The molecule has 3 aromatic carbocycles. The first-order valence-corrected chi connectivity index (χ1v) is 13.0. The van der Waals surface area contributed by atoms with Gasteiger partial charge in [0.05, 0.1) is 19.3 Å². The van der Waals surface area contributed by atoms with Crippen LogP contribution in [0.15, 0.2) is 103 Å². The number of hydrogen-bond acceptors (Lipinski definition) is 5. The van der Waals surface area contributed by atoms with Crippen LogP contribution in [0.2, 0.25) is 0 Å². The van der Waals surface area contributed by atoms with Gasteiger partial charge >= 0.3 is 0 Å². The number of ether oxygens (including phenoxy) is 4. The fourth-order valence-corrected chi connectivity index (χ4v) is 4.68. The number of pyridine rings is 1. The van der Waals surface area contributed by atoms with E-state index >= 15 is 4.39 Å². The van der Waals surface area contributed by atoms with Crippen LogP contribution in [0.1, 0.15) is 41.7 Å². The van der Waals surface area contributed by atoms with Gasteiger partial charge in [0.15, 0.2) is 0 Å². The molecular formula is C32H32FNO4. The first-order chi connectivity index (χ1) is 18.7. The summed E-state index contributed by atoms with van der Waals surface area (Å²) in [7, 11) is 0. The molecule has 1 unspecified atom stereocenters. The average Bonchev–Trinajstić information content (AvgIpc) is 3.32. The molecule has 1 aliphatic heterocycles. The lowest BCUT2D eigenvalue weighted by Gasteiger charge is -2.25. The Bertz CT molecular complexity index is 1270. The van der Waals surface area contributed by atoms with Gasteiger partial charge in [-0.3, -0.25) is 0 Å². The quantitative estimate of drug-likeness (QED) is 0.206. The highest BCUT2D eigenvalue weighted by Gasteiger charge is 2.47. The topological polar surface area (TPSA) is 49.8 Å². The zero-order valence-corrected chi connectivity index (χ0v) is 21.4. The standard InChI is InChI=1S/C32H32FNO4/c1-2-27-30(36-21-24-14-8-4-9-15-24)31(37-22-25-16-10-5-11-17-25)29(38-27)26-18-19-28(34-32(26)33)35-20-23-12-6-3-7-13-23/h3-19,27,29-31H,2,20-22H2,1H3/t27-,29+,30?,31-/m1/s1. The van der Waals surface area contributed by atoms with Crippen molar-refractivity contribution in [1.82, 2.24) is 4.98 Å². The molecule has 1 fully saturated rings. The molecule has 4 atom stereocenters. The molecule has 6 heteroatoms. The third-order valence-corrected chi connectivity index (χ3v) is 6.67. The van der Waals surface area contributed by atoms with Crippen molar-refractivity contribution in [1.29, 1.82) is 0 Å². The molecule has 2 heterocycles. The molecule has 0 radical (unpaired) electrons. The highest BCUT2D eigenvalue weighted by atomic mass is 19.1. The second-order valence-electron chi connectivity index (χ2n) is 9.33. The molecule has 0 bridgehead atoms. The Morgan fingerprint density at radius 1 is 0.684 bits per heavy atom. The van der Waals surface area contributed by atoms with E-state index in [-0.39, 0.29) is 18.1 Å². The van der Waals surface area contributed by atoms with E-state index in [2.05, 4.69) is 4.98 Å². The zero-order valence-electron chi connectivity index (χ0n) is 21.4. The first kappa shape index (κ1) is 26.0. The van der Waals surface area contributed by atoms with Crippen molar-refractivity contribution < 1.29 is 23.3 Å². The molecule has 0 amide bonds. The predicted octanol–water partition coefficient (Wildman–Crippen LogP) is 6.82. The Morgan fingerprint density at radius 2 is 1.21 bits per heavy atom. The van der Waals surface area contributed by atoms with Gasteiger partial charge in [0.1, 0.15) is 24.9 Å². The van der Waals surface area contributed by atoms with E-state index in [9.17, 15) is 0 Å². The minimum Gasteiger partial charge on any atom is -0.473 e. The lowest BCUT2D eigenvalue weighted by molar-refractivity contribution is -0.0797. The summed E-state index contributed by atoms with van der Waals surface area (Å²) in [5.74, 6) is -0.411. The Morgan fingerprint density at radius 3 is 1.74 bits per heavy atom. The summed E-state index contributed by atoms with van der Waals surface area (Å²) in [6.07, 6.45) is -1.11. The normalized spacial score (nSPS) is 20.9. The zero-order chi connectivity index (χ0) is 26.2. The fraction of sp³-hybridized carbons (Fsp3) is 0.281. The predicted molar refractivity (Wildman–Crippen MR) is 143 cm³/mol. The van der Waals surface area contributed by atoms with Gasteiger partial charge in [-0.25, -0.2) is 0 Å². The monoisotopic (exact) mass is 513 g/mol. The van der Waals surface area contributed by atoms with E-state index in [0.717, 1.165) is 16.7 Å². The SMILES string of the molecule is CC[C@H]1O[C@@H](c2ccc(OCc3ccccc3)nc2F)[C@@H](OCc2ccccc2)C1OCc1ccccc1. The number of hydrogen-bond donors (Lipinski definition) is 0. The number of aromatic nitrogens is 1. The molecule has 0 saturated carbocycles. The van der Waals surface area contributed by atoms with Crippen molar-refractivity contribution in [2.75, 3.05) is 0 Å². The van der Waals surface area contributed by atoms with Crippen molar-refractivity contribution in [3.05, 3.63) is 131 Å². The van der Waals surface area contributed by atoms with Gasteiger partial charge < -0.3 is 18.9 Å². The number of halogens is 1. The molecule has 38 heavy (non-hydrogen) atoms. The van der Waals surface area contributed by atoms with Gasteiger partial charge in [-0.2, -0.15) is 9.37 Å². The van der Waals surface area contributed by atoms with Crippen molar-refractivity contribution >= 4 is 0 Å². The molecular weight excluding hydrogens is 481 g/mol. The third-order valence-electron chi connectivity index (χ3n) is 6.67. The molecule has 5 rings (SSSR count). The molecule has 4 aromatic rings. The van der Waals surface area contributed by atoms with Crippen LogP contribution in [0.3, 0.4) is 0 Å². The second kappa shape index (κ2) is 12.8. The Balaban J connectivity index is 1.35. The van der Waals surface area contributed by atoms with E-state index in [1.807, 2.05) is 97.9 Å². The maximum Gasteiger partial charge on any atom is 0.222 e. The van der Waals surface area contributed by atoms with Crippen LogP contribution in [0.5, 0.6) is 5.88 Å². The minimum absolute atomic E-state index is 0.221. The molecule has 196 valence electrons. The average molecular weight is 514 g/mol. The molecule has 1 saturated heterocycles. The van der Waals surface area contributed by atoms with E-state index in [1.165, 1.54) is 0 Å². The molecule has 0 spiro atoms. The summed E-state index contributed by atoms with van der Waals surface area (Å²) in [5, 5.41) is 0. The highest BCUT2D eigenvalue weighted by Crippen LogP contribution is 2.40. The van der Waals surface area contributed by atoms with Gasteiger partial charge in [0.2, 0.25) is 11.8 Å². The lowest BCUT2D eigenvalue weighted by atomic mass is 10.0. The minimum atomic E-state index is -0.667. The van der Waals surface area contributed by atoms with Crippen LogP contribution < -0.4 is 4.74 Å². The molecule has 0 aliphatic carbocycles. The highest BCUT2D eigenvalue weighted by molar-refractivity contribution is 5.25. The Kier molecular flexibility index (Phi) is 8.76. The Labute approximate surface area is 223 Å². The molecule has 5 nitrogen and oxygen atoms in total. The van der Waals surface area contributed by atoms with Gasteiger partial charge in [-0.15, -0.1) is 0 Å². The van der Waals surface area contributed by atoms with Crippen LogP contribution in [0, 0.1) is 5.95 Å². The summed E-state index contributed by atoms with van der Waals surface area (Å²) in [6.45, 7) is 3.12. The van der Waals surface area contributed by atoms with Crippen molar-refractivity contribution in [2.24, 2.45) is 0 Å². The molecule has 1 aromatic heterocycles. The van der Waals surface area contributed by atoms with Crippen molar-refractivity contribution in [3.63, 3.8) is 0 Å². The van der Waals surface area contributed by atoms with Crippen molar-refractivity contribution in [3.8, 4) is 5.88 Å². The van der Waals surface area contributed by atoms with Crippen LogP contribution in [0.25, 0.3) is 0 Å². The third kappa shape index (κ3) is 6.45. The summed E-state index contributed by atoms with van der Waals surface area (Å²) >= 11 is 0. The summed E-state index contributed by atoms with van der Waals surface area (Å²) < 4.78 is 40.3. The number of nitrogens with zero attached hydrogens (tertiary/aromatic N) is 1. The second-order valence-corrected chi connectivity index (χ2v) is 9.33. The summed E-state index contributed by atoms with van der Waals surface area (Å²) in [6, 6.07) is 33.0. The number of rotatable bonds is 11. The lowest BCUT2D eigenvalue weighted by Crippen LogP contribution is -2.35. The first-order valence-electron chi connectivity index (χ1n) is 13.0. The van der Waals surface area contributed by atoms with Gasteiger partial charge in [0, 0.05) is 11.6 Å². The maximum atomic E-state index is 15.4. The van der Waals surface area contributed by atoms with Gasteiger partial charge in [-0.05, 0) is 29.2 Å². The molecule has 0 N–H and O–H groups in total. The summed E-state index contributed by atoms with van der Waals surface area (Å²) in [5.41, 5.74) is 3.40. The fourth-order valence-electron chi connectivity index (χ4n) is 4.68. The van der Waals surface area contributed by atoms with Crippen LogP contribution >= 0.6 is 0 Å². The van der Waals surface area contributed by atoms with Gasteiger partial charge in [-0.1, -0.05) is 97.9 Å². The number of benzene rings is 3. The van der Waals surface area contributed by atoms with Crippen molar-refractivity contribution in [2.45, 2.75) is 57.6 Å². The maximum absolute atomic E-state index is 15.4. The van der Waals surface area contributed by atoms with E-state index in [4.69, 9.17) is 18.9 Å². The van der Waals surface area contributed by atoms with Crippen LogP contribution in [-0.2, 0) is 34.0 Å². The smallest absolute Gasteiger partial charge is 0.222 e. The molecule has 1 aliphatic rings. The Hall–Kier alpha value is -3.58. The largest absolute Gasteiger partial charge is 0.473 e. The van der Waals surface area contributed by atoms with E-state index < -0.39 is 18.2 Å². The van der Waals surface area contributed by atoms with E-state index in [1.54, 1.807) is 12.1 Å². The van der Waals surface area contributed by atoms with Crippen LogP contribution in [0.4, 0.5) is 4.39 Å². The summed E-state index contributed by atoms with van der Waals surface area (Å²) in [4.78, 5) is 4.09. The van der Waals surface area contributed by atoms with Gasteiger partial charge in [0.25, 0.3) is 0 Å². The van der Waals surface area contributed by atoms with Crippen LogP contribution in [-0.4, -0.2) is 23.3 Å². The van der Waals surface area contributed by atoms with E-state index in [0.29, 0.717) is 31.8 Å².